The van der Waals surface area contributed by atoms with E-state index in [0.717, 1.165) is 29.7 Å². The molecule has 0 aliphatic rings. The van der Waals surface area contributed by atoms with Crippen LogP contribution in [-0.2, 0) is 11.3 Å². The number of hydrogen-bond donors (Lipinski definition) is 5. The van der Waals surface area contributed by atoms with Gasteiger partial charge in [0.1, 0.15) is 11.9 Å². The number of aryl methyl sites for hydroxylation is 1. The summed E-state index contributed by atoms with van der Waals surface area (Å²) in [5.41, 5.74) is 1.77. The Bertz CT molecular complexity index is 1360. The fraction of sp³-hybridized carbons (Fsp3) is 0.192. The summed E-state index contributed by atoms with van der Waals surface area (Å²) in [4.78, 5) is 40.6. The standard InChI is InChI=1S/C26H27N7O4/c34-24(29-17-21(25(35)36)32-26(37)31-20-7-2-1-3-8-20)18-10-11-22-19(15-18)16-30-33(22)14-6-13-28-23-9-4-5-12-27-23/h1-5,7-12,15-16,21H,6,13-14,17H2,(H,27,28)(H,29,34)(H,35,36)(H2,31,32,37)/t21-/m0/s1. The van der Waals surface area contributed by atoms with Gasteiger partial charge in [0, 0.05) is 42.5 Å². The molecule has 4 rings (SSSR count). The van der Waals surface area contributed by atoms with Crippen LogP contribution in [0.1, 0.15) is 16.8 Å². The number of anilines is 2. The Morgan fingerprint density at radius 2 is 1.81 bits per heavy atom. The van der Waals surface area contributed by atoms with Crippen LogP contribution in [0.2, 0.25) is 0 Å². The van der Waals surface area contributed by atoms with Crippen molar-refractivity contribution in [2.24, 2.45) is 0 Å². The third-order valence-corrected chi connectivity index (χ3v) is 5.52. The smallest absolute Gasteiger partial charge is 0.328 e. The van der Waals surface area contributed by atoms with E-state index < -0.39 is 23.9 Å². The van der Waals surface area contributed by atoms with Gasteiger partial charge in [-0.05, 0) is 48.9 Å². The maximum absolute atomic E-state index is 12.7. The highest BCUT2D eigenvalue weighted by atomic mass is 16.4. The molecule has 11 heteroatoms. The van der Waals surface area contributed by atoms with Crippen LogP contribution in [0.15, 0.2) is 79.1 Å². The molecule has 2 aromatic carbocycles. The van der Waals surface area contributed by atoms with Crippen LogP contribution in [0.4, 0.5) is 16.3 Å². The molecule has 0 aliphatic heterocycles. The van der Waals surface area contributed by atoms with Gasteiger partial charge in [0.25, 0.3) is 5.91 Å². The quantitative estimate of drug-likeness (QED) is 0.198. The number of carboxylic acid groups (broad SMARTS) is 1. The third-order valence-electron chi connectivity index (χ3n) is 5.52. The molecule has 0 aliphatic carbocycles. The second-order valence-corrected chi connectivity index (χ2v) is 8.20. The predicted molar refractivity (Wildman–Crippen MR) is 139 cm³/mol. The van der Waals surface area contributed by atoms with Crippen LogP contribution in [0.5, 0.6) is 0 Å². The number of pyridine rings is 1. The van der Waals surface area contributed by atoms with Crippen molar-refractivity contribution in [3.63, 3.8) is 0 Å². The van der Waals surface area contributed by atoms with E-state index in [0.29, 0.717) is 17.8 Å². The first-order chi connectivity index (χ1) is 18.0. The second kappa shape index (κ2) is 12.2. The number of carbonyl (C=O) groups excluding carboxylic acids is 2. The van der Waals surface area contributed by atoms with Crippen LogP contribution in [0.25, 0.3) is 10.9 Å². The van der Waals surface area contributed by atoms with E-state index in [1.807, 2.05) is 28.9 Å². The summed E-state index contributed by atoms with van der Waals surface area (Å²) in [6, 6.07) is 17.5. The van der Waals surface area contributed by atoms with E-state index in [4.69, 9.17) is 0 Å². The van der Waals surface area contributed by atoms with Crippen LogP contribution < -0.4 is 21.3 Å². The minimum absolute atomic E-state index is 0.281. The number of nitrogens with one attached hydrogen (secondary N) is 4. The Kier molecular flexibility index (Phi) is 8.27. The van der Waals surface area contributed by atoms with Crippen molar-refractivity contribution in [2.75, 3.05) is 23.7 Å². The van der Waals surface area contributed by atoms with Gasteiger partial charge in [0.15, 0.2) is 0 Å². The average molecular weight is 502 g/mol. The highest BCUT2D eigenvalue weighted by Gasteiger charge is 2.21. The molecule has 0 saturated carbocycles. The van der Waals surface area contributed by atoms with E-state index in [-0.39, 0.29) is 6.54 Å². The summed E-state index contributed by atoms with van der Waals surface area (Å²) in [6.45, 7) is 1.14. The zero-order valence-electron chi connectivity index (χ0n) is 19.9. The lowest BCUT2D eigenvalue weighted by Gasteiger charge is -2.16. The van der Waals surface area contributed by atoms with Gasteiger partial charge in [-0.15, -0.1) is 0 Å². The molecule has 0 saturated heterocycles. The van der Waals surface area contributed by atoms with E-state index in [2.05, 4.69) is 31.3 Å². The highest BCUT2D eigenvalue weighted by Crippen LogP contribution is 2.16. The molecule has 190 valence electrons. The van der Waals surface area contributed by atoms with Crippen LogP contribution >= 0.6 is 0 Å². The summed E-state index contributed by atoms with van der Waals surface area (Å²) < 4.78 is 1.87. The fourth-order valence-corrected chi connectivity index (χ4v) is 3.66. The van der Waals surface area contributed by atoms with Gasteiger partial charge in [0.2, 0.25) is 0 Å². The topological polar surface area (TPSA) is 150 Å². The number of nitrogens with zero attached hydrogens (tertiary/aromatic N) is 3. The maximum atomic E-state index is 12.7. The van der Waals surface area contributed by atoms with Gasteiger partial charge in [-0.1, -0.05) is 24.3 Å². The van der Waals surface area contributed by atoms with Crippen molar-refractivity contribution in [1.82, 2.24) is 25.4 Å². The number of amides is 3. The van der Waals surface area contributed by atoms with Gasteiger partial charge in [-0.3, -0.25) is 9.48 Å². The normalized spacial score (nSPS) is 11.5. The fourth-order valence-electron chi connectivity index (χ4n) is 3.66. The number of para-hydroxylation sites is 1. The van der Waals surface area contributed by atoms with Crippen molar-refractivity contribution < 1.29 is 19.5 Å². The molecule has 37 heavy (non-hydrogen) atoms. The predicted octanol–water partition coefficient (Wildman–Crippen LogP) is 2.94. The molecule has 3 amide bonds. The van der Waals surface area contributed by atoms with Gasteiger partial charge < -0.3 is 26.4 Å². The van der Waals surface area contributed by atoms with Gasteiger partial charge in [0.05, 0.1) is 11.7 Å². The number of benzene rings is 2. The molecule has 2 aromatic heterocycles. The molecule has 2 heterocycles. The first-order valence-electron chi connectivity index (χ1n) is 11.7. The number of rotatable bonds is 11. The SMILES string of the molecule is O=C(Nc1ccccc1)N[C@@H](CNC(=O)c1ccc2c(cnn2CCCNc2ccccn2)c1)C(=O)O. The molecule has 4 aromatic rings. The molecular weight excluding hydrogens is 474 g/mol. The number of carboxylic acids is 1. The van der Waals surface area contributed by atoms with E-state index >= 15 is 0 Å². The van der Waals surface area contributed by atoms with Gasteiger partial charge in [-0.25, -0.2) is 14.6 Å². The Hall–Kier alpha value is -4.93. The molecule has 1 atom stereocenters. The van der Waals surface area contributed by atoms with E-state index in [9.17, 15) is 19.5 Å². The first kappa shape index (κ1) is 25.2. The molecule has 11 nitrogen and oxygen atoms in total. The number of urea groups is 1. The van der Waals surface area contributed by atoms with Gasteiger partial charge in [-0.2, -0.15) is 5.10 Å². The summed E-state index contributed by atoms with van der Waals surface area (Å²) in [7, 11) is 0. The first-order valence-corrected chi connectivity index (χ1v) is 11.7. The largest absolute Gasteiger partial charge is 0.480 e. The van der Waals surface area contributed by atoms with E-state index in [1.54, 1.807) is 54.9 Å². The lowest BCUT2D eigenvalue weighted by atomic mass is 10.1. The molecular formula is C26H27N7O4. The average Bonchev–Trinajstić information content (AvgIpc) is 3.32. The van der Waals surface area contributed by atoms with Crippen molar-refractivity contribution in [3.05, 3.63) is 84.7 Å². The summed E-state index contributed by atoms with van der Waals surface area (Å²) in [5, 5.41) is 25.4. The summed E-state index contributed by atoms with van der Waals surface area (Å²) in [5.74, 6) is -0.899. The number of fused-ring (bicyclic) bond motifs is 1. The zero-order valence-corrected chi connectivity index (χ0v) is 19.9. The van der Waals surface area contributed by atoms with Crippen molar-refractivity contribution in [3.8, 4) is 0 Å². The minimum Gasteiger partial charge on any atom is -0.480 e. The Balaban J connectivity index is 1.29. The third kappa shape index (κ3) is 7.04. The lowest BCUT2D eigenvalue weighted by Crippen LogP contribution is -2.49. The second-order valence-electron chi connectivity index (χ2n) is 8.20. The number of aliphatic carboxylic acids is 1. The van der Waals surface area contributed by atoms with E-state index in [1.165, 1.54) is 0 Å². The number of aromatic nitrogens is 3. The van der Waals surface area contributed by atoms with Crippen molar-refractivity contribution >= 4 is 40.3 Å². The van der Waals surface area contributed by atoms with Crippen LogP contribution in [-0.4, -0.2) is 56.9 Å². The molecule has 0 radical (unpaired) electrons. The van der Waals surface area contributed by atoms with Crippen molar-refractivity contribution in [1.29, 1.82) is 0 Å². The molecule has 5 N–H and O–H groups in total. The van der Waals surface area contributed by atoms with Crippen molar-refractivity contribution in [2.45, 2.75) is 19.0 Å². The maximum Gasteiger partial charge on any atom is 0.328 e. The Morgan fingerprint density at radius 3 is 2.57 bits per heavy atom. The monoisotopic (exact) mass is 501 g/mol. The zero-order chi connectivity index (χ0) is 26.0. The molecule has 0 bridgehead atoms. The van der Waals surface area contributed by atoms with Crippen LogP contribution in [0.3, 0.4) is 0 Å². The van der Waals surface area contributed by atoms with Gasteiger partial charge >= 0.3 is 12.0 Å². The van der Waals surface area contributed by atoms with Crippen LogP contribution in [0, 0.1) is 0 Å². The number of carbonyl (C=O) groups is 3. The summed E-state index contributed by atoms with van der Waals surface area (Å²) in [6.07, 6.45) is 4.25. The Labute approximate surface area is 212 Å². The molecule has 0 fully saturated rings. The molecule has 0 spiro atoms. The Morgan fingerprint density at radius 1 is 1.00 bits per heavy atom. The molecule has 0 unspecified atom stereocenters. The highest BCUT2D eigenvalue weighted by molar-refractivity contribution is 5.98. The summed E-state index contributed by atoms with van der Waals surface area (Å²) >= 11 is 0. The lowest BCUT2D eigenvalue weighted by molar-refractivity contribution is -0.138. The minimum atomic E-state index is -1.31. The number of hydrogen-bond acceptors (Lipinski definition) is 6.